The van der Waals surface area contributed by atoms with Crippen LogP contribution in [0.15, 0.2) is 40.9 Å². The van der Waals surface area contributed by atoms with Crippen molar-refractivity contribution in [2.75, 3.05) is 7.11 Å². The van der Waals surface area contributed by atoms with Crippen molar-refractivity contribution < 1.29 is 9.53 Å². The van der Waals surface area contributed by atoms with Crippen LogP contribution < -0.4 is 10.1 Å². The average molecular weight is 369 g/mol. The van der Waals surface area contributed by atoms with Crippen LogP contribution in [0.5, 0.6) is 5.75 Å². The summed E-state index contributed by atoms with van der Waals surface area (Å²) in [4.78, 5) is 12.3. The van der Waals surface area contributed by atoms with Crippen molar-refractivity contribution in [3.63, 3.8) is 0 Å². The van der Waals surface area contributed by atoms with Crippen molar-refractivity contribution in [1.29, 1.82) is 0 Å². The lowest BCUT2D eigenvalue weighted by molar-refractivity contribution is 0.0950. The number of amides is 1. The quantitative estimate of drug-likeness (QED) is 0.871. The predicted octanol–water partition coefficient (Wildman–Crippen LogP) is 4.35. The molecule has 0 aliphatic heterocycles. The highest BCUT2D eigenvalue weighted by atomic mass is 79.9. The molecule has 2 aromatic carbocycles. The molecule has 0 fully saturated rings. The minimum absolute atomic E-state index is 0.143. The molecule has 0 aromatic heterocycles. The molecule has 0 atom stereocenters. The van der Waals surface area contributed by atoms with Crippen LogP contribution in [-0.2, 0) is 6.54 Å². The number of carbonyl (C=O) groups is 1. The molecule has 0 bridgehead atoms. The van der Waals surface area contributed by atoms with Gasteiger partial charge in [-0.15, -0.1) is 0 Å². The van der Waals surface area contributed by atoms with Gasteiger partial charge in [0.05, 0.1) is 7.11 Å². The maximum Gasteiger partial charge on any atom is 0.251 e. The lowest BCUT2D eigenvalue weighted by Crippen LogP contribution is -2.24. The van der Waals surface area contributed by atoms with E-state index in [-0.39, 0.29) is 5.91 Å². The first kappa shape index (κ1) is 15.9. The average Bonchev–Trinajstić information content (AvgIpc) is 2.47. The highest BCUT2D eigenvalue weighted by molar-refractivity contribution is 9.10. The summed E-state index contributed by atoms with van der Waals surface area (Å²) >= 11 is 9.53. The molecule has 21 heavy (non-hydrogen) atoms. The maximum atomic E-state index is 12.3. The van der Waals surface area contributed by atoms with Crippen molar-refractivity contribution >= 4 is 33.4 Å². The minimum Gasteiger partial charge on any atom is -0.496 e. The molecule has 2 rings (SSSR count). The summed E-state index contributed by atoms with van der Waals surface area (Å²) in [5.74, 6) is 0.518. The lowest BCUT2D eigenvalue weighted by Gasteiger charge is -2.12. The number of hydrogen-bond acceptors (Lipinski definition) is 2. The van der Waals surface area contributed by atoms with Crippen LogP contribution in [-0.4, -0.2) is 13.0 Å². The van der Waals surface area contributed by atoms with Crippen molar-refractivity contribution in [1.82, 2.24) is 5.32 Å². The van der Waals surface area contributed by atoms with Gasteiger partial charge in [0.1, 0.15) is 5.75 Å². The van der Waals surface area contributed by atoms with Crippen LogP contribution in [0.25, 0.3) is 0 Å². The van der Waals surface area contributed by atoms with Gasteiger partial charge in [-0.05, 0) is 36.8 Å². The zero-order valence-electron chi connectivity index (χ0n) is 11.7. The number of halogens is 2. The Balaban J connectivity index is 2.17. The van der Waals surface area contributed by atoms with Crippen LogP contribution in [0.3, 0.4) is 0 Å². The second-order valence-corrected chi connectivity index (χ2v) is 5.89. The number of benzene rings is 2. The van der Waals surface area contributed by atoms with Gasteiger partial charge in [-0.3, -0.25) is 4.79 Å². The van der Waals surface area contributed by atoms with Crippen LogP contribution in [0.2, 0.25) is 5.02 Å². The van der Waals surface area contributed by atoms with Crippen LogP contribution in [0.4, 0.5) is 0 Å². The van der Waals surface area contributed by atoms with E-state index in [0.29, 0.717) is 22.9 Å². The largest absolute Gasteiger partial charge is 0.496 e. The van der Waals surface area contributed by atoms with Gasteiger partial charge >= 0.3 is 0 Å². The van der Waals surface area contributed by atoms with E-state index in [1.54, 1.807) is 19.2 Å². The first-order chi connectivity index (χ1) is 10.0. The van der Waals surface area contributed by atoms with Crippen molar-refractivity contribution in [2.24, 2.45) is 0 Å². The zero-order valence-corrected chi connectivity index (χ0v) is 14.1. The predicted molar refractivity (Wildman–Crippen MR) is 88.1 cm³/mol. The second-order valence-electron chi connectivity index (χ2n) is 4.56. The Morgan fingerprint density at radius 1 is 1.33 bits per heavy atom. The van der Waals surface area contributed by atoms with E-state index < -0.39 is 0 Å². The summed E-state index contributed by atoms with van der Waals surface area (Å²) in [6.07, 6.45) is 0. The monoisotopic (exact) mass is 367 g/mol. The minimum atomic E-state index is -0.143. The Hall–Kier alpha value is -1.52. The van der Waals surface area contributed by atoms with E-state index in [9.17, 15) is 4.79 Å². The Labute approximate surface area is 137 Å². The molecule has 0 saturated heterocycles. The first-order valence-corrected chi connectivity index (χ1v) is 7.55. The van der Waals surface area contributed by atoms with Gasteiger partial charge in [0.15, 0.2) is 0 Å². The van der Waals surface area contributed by atoms with Gasteiger partial charge in [-0.1, -0.05) is 39.7 Å². The third-order valence-corrected chi connectivity index (χ3v) is 4.01. The first-order valence-electron chi connectivity index (χ1n) is 6.38. The van der Waals surface area contributed by atoms with Gasteiger partial charge in [0.2, 0.25) is 0 Å². The number of aryl methyl sites for hydroxylation is 1. The Morgan fingerprint density at radius 2 is 2.10 bits per heavy atom. The van der Waals surface area contributed by atoms with Crippen LogP contribution in [0, 0.1) is 6.92 Å². The summed E-state index contributed by atoms with van der Waals surface area (Å²) in [5, 5.41) is 3.44. The summed E-state index contributed by atoms with van der Waals surface area (Å²) in [6, 6.07) is 11.0. The fraction of sp³-hybridized carbons (Fsp3) is 0.188. The second kappa shape index (κ2) is 6.96. The maximum absolute atomic E-state index is 12.3. The standard InChI is InChI=1S/C16H15BrClNO2/c1-10-6-7-11(17)8-12(10)16(20)19-9-13-14(18)4-3-5-15(13)21-2/h3-8H,9H2,1-2H3,(H,19,20). The number of hydrogen-bond donors (Lipinski definition) is 1. The fourth-order valence-corrected chi connectivity index (χ4v) is 2.60. The molecular formula is C16H15BrClNO2. The van der Waals surface area contributed by atoms with Gasteiger partial charge < -0.3 is 10.1 Å². The molecule has 0 aliphatic rings. The normalized spacial score (nSPS) is 10.3. The summed E-state index contributed by atoms with van der Waals surface area (Å²) in [5.41, 5.74) is 2.32. The smallest absolute Gasteiger partial charge is 0.251 e. The highest BCUT2D eigenvalue weighted by Crippen LogP contribution is 2.26. The number of carbonyl (C=O) groups excluding carboxylic acids is 1. The Morgan fingerprint density at radius 3 is 2.81 bits per heavy atom. The van der Waals surface area contributed by atoms with Crippen molar-refractivity contribution in [3.8, 4) is 5.75 Å². The number of rotatable bonds is 4. The van der Waals surface area contributed by atoms with Crippen molar-refractivity contribution in [3.05, 3.63) is 62.6 Å². The van der Waals surface area contributed by atoms with E-state index in [1.807, 2.05) is 31.2 Å². The summed E-state index contributed by atoms with van der Waals surface area (Å²) < 4.78 is 6.13. The Kier molecular flexibility index (Phi) is 5.26. The molecule has 110 valence electrons. The Bertz CT molecular complexity index is 673. The third-order valence-electron chi connectivity index (χ3n) is 3.17. The molecular weight excluding hydrogens is 354 g/mol. The molecule has 0 aliphatic carbocycles. The number of nitrogens with one attached hydrogen (secondary N) is 1. The van der Waals surface area contributed by atoms with Gasteiger partial charge in [-0.2, -0.15) is 0 Å². The molecule has 0 saturated carbocycles. The van der Waals surface area contributed by atoms with E-state index in [0.717, 1.165) is 15.6 Å². The molecule has 5 heteroatoms. The van der Waals surface area contributed by atoms with Crippen LogP contribution >= 0.6 is 27.5 Å². The number of ether oxygens (including phenoxy) is 1. The fourth-order valence-electron chi connectivity index (χ4n) is 2.00. The third kappa shape index (κ3) is 3.77. The molecule has 1 amide bonds. The van der Waals surface area contributed by atoms with Gasteiger partial charge in [0.25, 0.3) is 5.91 Å². The van der Waals surface area contributed by atoms with Crippen molar-refractivity contribution in [2.45, 2.75) is 13.5 Å². The van der Waals surface area contributed by atoms with Gasteiger partial charge in [0, 0.05) is 27.2 Å². The summed E-state index contributed by atoms with van der Waals surface area (Å²) in [7, 11) is 1.58. The molecule has 2 aromatic rings. The van der Waals surface area contributed by atoms with Gasteiger partial charge in [-0.25, -0.2) is 0 Å². The van der Waals surface area contributed by atoms with Crippen LogP contribution in [0.1, 0.15) is 21.5 Å². The molecule has 3 nitrogen and oxygen atoms in total. The zero-order chi connectivity index (χ0) is 15.4. The molecule has 1 N–H and O–H groups in total. The molecule has 0 unspecified atom stereocenters. The topological polar surface area (TPSA) is 38.3 Å². The van der Waals surface area contributed by atoms with E-state index in [4.69, 9.17) is 16.3 Å². The highest BCUT2D eigenvalue weighted by Gasteiger charge is 2.12. The van der Waals surface area contributed by atoms with E-state index in [1.165, 1.54) is 0 Å². The summed E-state index contributed by atoms with van der Waals surface area (Å²) in [6.45, 7) is 2.21. The van der Waals surface area contributed by atoms with E-state index >= 15 is 0 Å². The SMILES string of the molecule is COc1cccc(Cl)c1CNC(=O)c1cc(Br)ccc1C. The number of methoxy groups -OCH3 is 1. The lowest BCUT2D eigenvalue weighted by atomic mass is 10.1. The molecule has 0 heterocycles. The molecule has 0 spiro atoms. The molecule has 0 radical (unpaired) electrons. The van der Waals surface area contributed by atoms with E-state index in [2.05, 4.69) is 21.2 Å².